The minimum absolute atomic E-state index is 0.142. The molecule has 0 aliphatic carbocycles. The van der Waals surface area contributed by atoms with Gasteiger partial charge in [0.15, 0.2) is 0 Å². The van der Waals surface area contributed by atoms with Crippen LogP contribution in [0.3, 0.4) is 0 Å². The highest BCUT2D eigenvalue weighted by molar-refractivity contribution is 5.94. The molecule has 0 unspecified atom stereocenters. The summed E-state index contributed by atoms with van der Waals surface area (Å²) in [5.41, 5.74) is 1.28. The third-order valence-electron chi connectivity index (χ3n) is 4.60. The quantitative estimate of drug-likeness (QED) is 0.750. The Morgan fingerprint density at radius 3 is 2.64 bits per heavy atom. The van der Waals surface area contributed by atoms with Crippen molar-refractivity contribution in [2.75, 3.05) is 32.7 Å². The zero-order chi connectivity index (χ0) is 15.4. The summed E-state index contributed by atoms with van der Waals surface area (Å²) in [6.45, 7) is 4.60. The Morgan fingerprint density at radius 2 is 2.00 bits per heavy atom. The van der Waals surface area contributed by atoms with Crippen LogP contribution < -0.4 is 10.6 Å². The number of nitrogens with one attached hydrogen (secondary N) is 2. The first-order chi connectivity index (χ1) is 10.7. The number of amides is 1. The molecule has 120 valence electrons. The molecule has 1 atom stereocenters. The van der Waals surface area contributed by atoms with Crippen LogP contribution in [0.1, 0.15) is 35.2 Å². The molecule has 3 N–H and O–H groups in total. The first kappa shape index (κ1) is 15.5. The number of rotatable bonds is 5. The van der Waals surface area contributed by atoms with Crippen molar-refractivity contribution in [2.24, 2.45) is 0 Å². The van der Waals surface area contributed by atoms with E-state index in [0.717, 1.165) is 50.0 Å². The van der Waals surface area contributed by atoms with Gasteiger partial charge in [-0.05, 0) is 43.5 Å². The van der Waals surface area contributed by atoms with Gasteiger partial charge >= 0.3 is 0 Å². The Kier molecular flexibility index (Phi) is 4.76. The van der Waals surface area contributed by atoms with E-state index in [1.165, 1.54) is 0 Å². The van der Waals surface area contributed by atoms with Crippen LogP contribution in [-0.4, -0.2) is 54.2 Å². The maximum Gasteiger partial charge on any atom is 0.253 e. The van der Waals surface area contributed by atoms with Crippen molar-refractivity contribution in [3.05, 3.63) is 35.4 Å². The molecule has 2 fully saturated rings. The van der Waals surface area contributed by atoms with Crippen LogP contribution in [0.2, 0.25) is 0 Å². The van der Waals surface area contributed by atoms with E-state index < -0.39 is 5.60 Å². The lowest BCUT2D eigenvalue weighted by atomic mass is 10.0. The molecule has 0 saturated carbocycles. The predicted molar refractivity (Wildman–Crippen MR) is 85.7 cm³/mol. The van der Waals surface area contributed by atoms with Gasteiger partial charge in [0.1, 0.15) is 0 Å². The molecule has 5 nitrogen and oxygen atoms in total. The largest absolute Gasteiger partial charge is 0.387 e. The first-order valence-corrected chi connectivity index (χ1v) is 8.18. The van der Waals surface area contributed by atoms with Crippen molar-refractivity contribution < 1.29 is 9.90 Å². The molecule has 2 saturated heterocycles. The molecule has 0 radical (unpaired) electrons. The minimum atomic E-state index is -0.619. The molecule has 2 aliphatic rings. The smallest absolute Gasteiger partial charge is 0.253 e. The number of carbonyl (C=O) groups excluding carboxylic acids is 1. The highest BCUT2D eigenvalue weighted by Gasteiger charge is 2.30. The molecule has 2 heterocycles. The molecule has 1 aromatic carbocycles. The fourth-order valence-electron chi connectivity index (χ4n) is 3.19. The standard InChI is InChI=1S/C17H25N3O2/c21-16(20-9-1-2-10-20)15-5-3-14(4-6-15)11-19-13-17(22)7-8-18-12-17/h3-6,18-19,22H,1-2,7-13H2/t17-/m1/s1. The normalized spacial score (nSPS) is 24.9. The van der Waals surface area contributed by atoms with E-state index in [-0.39, 0.29) is 5.91 Å². The maximum atomic E-state index is 12.3. The van der Waals surface area contributed by atoms with Gasteiger partial charge in [0.2, 0.25) is 0 Å². The van der Waals surface area contributed by atoms with Gasteiger partial charge in [-0.1, -0.05) is 12.1 Å². The average Bonchev–Trinajstić information content (AvgIpc) is 3.19. The molecule has 1 aromatic rings. The van der Waals surface area contributed by atoms with Crippen LogP contribution in [0.5, 0.6) is 0 Å². The Balaban J connectivity index is 1.49. The second-order valence-electron chi connectivity index (χ2n) is 6.45. The number of carbonyl (C=O) groups is 1. The number of nitrogens with zero attached hydrogens (tertiary/aromatic N) is 1. The van der Waals surface area contributed by atoms with E-state index in [1.54, 1.807) is 0 Å². The topological polar surface area (TPSA) is 64.6 Å². The summed E-state index contributed by atoms with van der Waals surface area (Å²) in [7, 11) is 0. The zero-order valence-electron chi connectivity index (χ0n) is 13.0. The fraction of sp³-hybridized carbons (Fsp3) is 0.588. The van der Waals surface area contributed by atoms with Crippen molar-refractivity contribution >= 4 is 5.91 Å². The van der Waals surface area contributed by atoms with Gasteiger partial charge in [-0.3, -0.25) is 4.79 Å². The van der Waals surface area contributed by atoms with E-state index in [9.17, 15) is 9.90 Å². The van der Waals surface area contributed by atoms with Crippen LogP contribution in [0.15, 0.2) is 24.3 Å². The minimum Gasteiger partial charge on any atom is -0.387 e. The van der Waals surface area contributed by atoms with Crippen molar-refractivity contribution in [3.63, 3.8) is 0 Å². The van der Waals surface area contributed by atoms with Crippen LogP contribution in [-0.2, 0) is 6.54 Å². The molecule has 2 aliphatic heterocycles. The highest BCUT2D eigenvalue weighted by Crippen LogP contribution is 2.15. The summed E-state index contributed by atoms with van der Waals surface area (Å²) in [4.78, 5) is 14.2. The van der Waals surface area contributed by atoms with Gasteiger partial charge in [0, 0.05) is 38.3 Å². The van der Waals surface area contributed by atoms with Crippen LogP contribution in [0, 0.1) is 0 Å². The summed E-state index contributed by atoms with van der Waals surface area (Å²) in [6.07, 6.45) is 3.03. The summed E-state index contributed by atoms with van der Waals surface area (Å²) in [6, 6.07) is 7.80. The van der Waals surface area contributed by atoms with Crippen molar-refractivity contribution in [2.45, 2.75) is 31.4 Å². The van der Waals surface area contributed by atoms with Gasteiger partial charge in [-0.25, -0.2) is 0 Å². The predicted octanol–water partition coefficient (Wildman–Crippen LogP) is 0.737. The van der Waals surface area contributed by atoms with Crippen molar-refractivity contribution in [1.29, 1.82) is 0 Å². The number of hydrogen-bond acceptors (Lipinski definition) is 4. The first-order valence-electron chi connectivity index (χ1n) is 8.18. The Bertz CT molecular complexity index is 503. The van der Waals surface area contributed by atoms with Crippen LogP contribution >= 0.6 is 0 Å². The molecular weight excluding hydrogens is 278 g/mol. The van der Waals surface area contributed by atoms with Gasteiger partial charge in [-0.15, -0.1) is 0 Å². The Labute approximate surface area is 131 Å². The zero-order valence-corrected chi connectivity index (χ0v) is 13.0. The van der Waals surface area contributed by atoms with Gasteiger partial charge in [-0.2, -0.15) is 0 Å². The summed E-state index contributed by atoms with van der Waals surface area (Å²) in [5.74, 6) is 0.142. The molecule has 0 aromatic heterocycles. The third kappa shape index (κ3) is 3.66. The molecule has 5 heteroatoms. The van der Waals surface area contributed by atoms with Crippen molar-refractivity contribution in [1.82, 2.24) is 15.5 Å². The molecular formula is C17H25N3O2. The molecule has 3 rings (SSSR count). The van der Waals surface area contributed by atoms with Crippen LogP contribution in [0.4, 0.5) is 0 Å². The van der Waals surface area contributed by atoms with Crippen molar-refractivity contribution in [3.8, 4) is 0 Å². The lowest BCUT2D eigenvalue weighted by molar-refractivity contribution is 0.0609. The summed E-state index contributed by atoms with van der Waals surface area (Å²) >= 11 is 0. The maximum absolute atomic E-state index is 12.3. The van der Waals surface area contributed by atoms with E-state index in [4.69, 9.17) is 0 Å². The monoisotopic (exact) mass is 303 g/mol. The molecule has 22 heavy (non-hydrogen) atoms. The second kappa shape index (κ2) is 6.77. The Hall–Kier alpha value is -1.43. The molecule has 0 bridgehead atoms. The van der Waals surface area contributed by atoms with Gasteiger partial charge in [0.25, 0.3) is 5.91 Å². The molecule has 0 spiro atoms. The third-order valence-corrected chi connectivity index (χ3v) is 4.60. The lowest BCUT2D eigenvalue weighted by Crippen LogP contribution is -2.42. The second-order valence-corrected chi connectivity index (χ2v) is 6.45. The van der Waals surface area contributed by atoms with E-state index in [1.807, 2.05) is 29.2 Å². The highest BCUT2D eigenvalue weighted by atomic mass is 16.3. The van der Waals surface area contributed by atoms with Gasteiger partial charge in [0.05, 0.1) is 5.60 Å². The number of hydrogen-bond donors (Lipinski definition) is 3. The summed E-state index contributed by atoms with van der Waals surface area (Å²) in [5, 5.41) is 16.7. The summed E-state index contributed by atoms with van der Waals surface area (Å²) < 4.78 is 0. The van der Waals surface area contributed by atoms with E-state index in [2.05, 4.69) is 10.6 Å². The number of β-amino-alcohol motifs (C(OH)–C–C–N with tert-alkyl or cyclic N) is 1. The number of benzene rings is 1. The average molecular weight is 303 g/mol. The fourth-order valence-corrected chi connectivity index (χ4v) is 3.19. The lowest BCUT2D eigenvalue weighted by Gasteiger charge is -2.21. The van der Waals surface area contributed by atoms with E-state index >= 15 is 0 Å². The SMILES string of the molecule is O=C(c1ccc(CNC[C@@]2(O)CCNC2)cc1)N1CCCC1. The number of aliphatic hydroxyl groups is 1. The van der Waals surface area contributed by atoms with Gasteiger partial charge < -0.3 is 20.6 Å². The van der Waals surface area contributed by atoms with Crippen LogP contribution in [0.25, 0.3) is 0 Å². The number of likely N-dealkylation sites (tertiary alicyclic amines) is 1. The molecule has 1 amide bonds. The Morgan fingerprint density at radius 1 is 1.27 bits per heavy atom. The van der Waals surface area contributed by atoms with E-state index in [0.29, 0.717) is 19.6 Å².